The molecule has 0 fully saturated rings. The molecule has 0 aliphatic carbocycles. The molecule has 0 saturated heterocycles. The molecule has 1 aromatic carbocycles. The third-order valence-electron chi connectivity index (χ3n) is 3.36. The highest BCUT2D eigenvalue weighted by molar-refractivity contribution is 6.30. The third-order valence-corrected chi connectivity index (χ3v) is 3.61. The summed E-state index contributed by atoms with van der Waals surface area (Å²) in [4.78, 5) is 4.53. The van der Waals surface area contributed by atoms with Crippen molar-refractivity contribution in [3.05, 3.63) is 46.6 Å². The fourth-order valence-corrected chi connectivity index (χ4v) is 2.26. The molecule has 20 heavy (non-hydrogen) atoms. The predicted molar refractivity (Wildman–Crippen MR) is 80.7 cm³/mol. The minimum absolute atomic E-state index is 0.701. The second-order valence-corrected chi connectivity index (χ2v) is 5.06. The van der Waals surface area contributed by atoms with E-state index < -0.39 is 0 Å². The smallest absolute Gasteiger partial charge is 0.158 e. The Bertz CT molecular complexity index is 776. The normalized spacial score (nSPS) is 11.0. The maximum Gasteiger partial charge on any atom is 0.158 e. The fraction of sp³-hybridized carbons (Fsp3) is 0.143. The van der Waals surface area contributed by atoms with Gasteiger partial charge in [-0.3, -0.25) is 0 Å². The fourth-order valence-electron chi connectivity index (χ4n) is 2.13. The number of rotatable bonds is 2. The average molecular weight is 288 g/mol. The number of hydrogen-bond acceptors (Lipinski definition) is 4. The van der Waals surface area contributed by atoms with Crippen LogP contribution >= 0.6 is 11.6 Å². The first-order valence-electron chi connectivity index (χ1n) is 6.19. The Morgan fingerprint density at radius 1 is 1.20 bits per heavy atom. The highest BCUT2D eigenvalue weighted by Crippen LogP contribution is 2.24. The van der Waals surface area contributed by atoms with Crippen LogP contribution in [0.4, 0.5) is 5.82 Å². The molecule has 0 radical (unpaired) electrons. The number of anilines is 1. The van der Waals surface area contributed by atoms with Crippen LogP contribution in [0.2, 0.25) is 5.02 Å². The maximum atomic E-state index is 5.90. The molecule has 3 rings (SSSR count). The number of fused-ring (bicyclic) bond motifs is 1. The van der Waals surface area contributed by atoms with Gasteiger partial charge < -0.3 is 5.43 Å². The van der Waals surface area contributed by atoms with Crippen LogP contribution in [0.5, 0.6) is 0 Å². The first-order valence-corrected chi connectivity index (χ1v) is 6.57. The molecule has 0 saturated carbocycles. The van der Waals surface area contributed by atoms with Gasteiger partial charge in [-0.05, 0) is 26.0 Å². The van der Waals surface area contributed by atoms with Crippen LogP contribution in [0.1, 0.15) is 11.3 Å². The number of aromatic nitrogens is 3. The van der Waals surface area contributed by atoms with E-state index in [1.165, 1.54) is 0 Å². The van der Waals surface area contributed by atoms with Gasteiger partial charge in [0.05, 0.1) is 5.69 Å². The van der Waals surface area contributed by atoms with Crippen molar-refractivity contribution in [1.82, 2.24) is 14.6 Å². The van der Waals surface area contributed by atoms with Crippen LogP contribution in [-0.4, -0.2) is 14.6 Å². The second kappa shape index (κ2) is 4.77. The van der Waals surface area contributed by atoms with Crippen LogP contribution in [0, 0.1) is 13.8 Å². The van der Waals surface area contributed by atoms with Crippen molar-refractivity contribution in [3.8, 4) is 11.3 Å². The van der Waals surface area contributed by atoms with Crippen molar-refractivity contribution < 1.29 is 0 Å². The number of hydrazine groups is 1. The topological polar surface area (TPSA) is 68.2 Å². The summed E-state index contributed by atoms with van der Waals surface area (Å²) in [6, 6.07) is 9.47. The standard InChI is InChI=1S/C14H14ClN5/c1-8-9(2)17-13-7-12(19-20(13)14(8)18-16)10-3-5-11(15)6-4-10/h3-7,18H,16H2,1-2H3. The van der Waals surface area contributed by atoms with Gasteiger partial charge in [0.15, 0.2) is 5.65 Å². The van der Waals surface area contributed by atoms with Crippen molar-refractivity contribution in [2.45, 2.75) is 13.8 Å². The van der Waals surface area contributed by atoms with E-state index in [2.05, 4.69) is 15.5 Å². The summed E-state index contributed by atoms with van der Waals surface area (Å²) in [6.45, 7) is 3.91. The lowest BCUT2D eigenvalue weighted by molar-refractivity contribution is 0.916. The molecule has 3 N–H and O–H groups in total. The Labute approximate surface area is 121 Å². The summed E-state index contributed by atoms with van der Waals surface area (Å²) in [5, 5.41) is 5.25. The van der Waals surface area contributed by atoms with E-state index in [-0.39, 0.29) is 0 Å². The Balaban J connectivity index is 2.22. The van der Waals surface area contributed by atoms with E-state index in [1.54, 1.807) is 4.52 Å². The van der Waals surface area contributed by atoms with Crippen molar-refractivity contribution in [2.75, 3.05) is 5.43 Å². The first kappa shape index (κ1) is 12.9. The molecule has 0 atom stereocenters. The second-order valence-electron chi connectivity index (χ2n) is 4.62. The van der Waals surface area contributed by atoms with E-state index in [1.807, 2.05) is 44.2 Å². The molecule has 3 aromatic rings. The van der Waals surface area contributed by atoms with E-state index in [0.717, 1.165) is 34.0 Å². The Kier molecular flexibility index (Phi) is 3.08. The zero-order valence-corrected chi connectivity index (χ0v) is 11.9. The van der Waals surface area contributed by atoms with Crippen LogP contribution in [0.25, 0.3) is 16.9 Å². The van der Waals surface area contributed by atoms with Gasteiger partial charge in [0.25, 0.3) is 0 Å². The number of nitrogens with zero attached hydrogens (tertiary/aromatic N) is 3. The minimum atomic E-state index is 0.701. The van der Waals surface area contributed by atoms with Crippen LogP contribution in [-0.2, 0) is 0 Å². The van der Waals surface area contributed by atoms with E-state index in [0.29, 0.717) is 5.02 Å². The van der Waals surface area contributed by atoms with Crippen molar-refractivity contribution in [2.24, 2.45) is 5.84 Å². The molecule has 2 aromatic heterocycles. The van der Waals surface area contributed by atoms with E-state index in [4.69, 9.17) is 17.4 Å². The summed E-state index contributed by atoms with van der Waals surface area (Å²) in [6.07, 6.45) is 0. The summed E-state index contributed by atoms with van der Waals surface area (Å²) in [7, 11) is 0. The lowest BCUT2D eigenvalue weighted by Crippen LogP contribution is -2.14. The van der Waals surface area contributed by atoms with Gasteiger partial charge in [-0.25, -0.2) is 10.8 Å². The van der Waals surface area contributed by atoms with Crippen LogP contribution in [0.15, 0.2) is 30.3 Å². The van der Waals surface area contributed by atoms with Gasteiger partial charge in [-0.15, -0.1) is 0 Å². The van der Waals surface area contributed by atoms with Gasteiger partial charge in [0.1, 0.15) is 5.82 Å². The van der Waals surface area contributed by atoms with Crippen LogP contribution < -0.4 is 11.3 Å². The number of aryl methyl sites for hydroxylation is 1. The minimum Gasteiger partial charge on any atom is -0.308 e. The lowest BCUT2D eigenvalue weighted by atomic mass is 10.1. The third kappa shape index (κ3) is 2.01. The zero-order valence-electron chi connectivity index (χ0n) is 11.2. The van der Waals surface area contributed by atoms with Gasteiger partial charge in [0.2, 0.25) is 0 Å². The molecular formula is C14H14ClN5. The maximum absolute atomic E-state index is 5.90. The summed E-state index contributed by atoms with van der Waals surface area (Å²) >= 11 is 5.90. The van der Waals surface area contributed by atoms with Crippen molar-refractivity contribution in [1.29, 1.82) is 0 Å². The molecule has 5 nitrogen and oxygen atoms in total. The average Bonchev–Trinajstić information content (AvgIpc) is 2.84. The SMILES string of the molecule is Cc1nc2cc(-c3ccc(Cl)cc3)nn2c(NN)c1C. The van der Waals surface area contributed by atoms with Crippen molar-refractivity contribution >= 4 is 23.1 Å². The van der Waals surface area contributed by atoms with Gasteiger partial charge in [0, 0.05) is 27.9 Å². The van der Waals surface area contributed by atoms with Gasteiger partial charge >= 0.3 is 0 Å². The number of halogens is 1. The summed E-state index contributed by atoms with van der Waals surface area (Å²) in [5.74, 6) is 6.34. The molecule has 2 heterocycles. The number of nitrogen functional groups attached to an aromatic ring is 1. The molecular weight excluding hydrogens is 274 g/mol. The Morgan fingerprint density at radius 2 is 1.90 bits per heavy atom. The molecule has 0 spiro atoms. The lowest BCUT2D eigenvalue weighted by Gasteiger charge is -2.09. The monoisotopic (exact) mass is 287 g/mol. The number of nitrogens with two attached hydrogens (primary N) is 1. The summed E-state index contributed by atoms with van der Waals surface area (Å²) < 4.78 is 1.71. The van der Waals surface area contributed by atoms with Gasteiger partial charge in [-0.1, -0.05) is 23.7 Å². The molecule has 102 valence electrons. The number of benzene rings is 1. The molecule has 0 aliphatic rings. The summed E-state index contributed by atoms with van der Waals surface area (Å²) in [5.41, 5.74) is 7.16. The Hall–Kier alpha value is -2.11. The van der Waals surface area contributed by atoms with Crippen molar-refractivity contribution in [3.63, 3.8) is 0 Å². The first-order chi connectivity index (χ1) is 9.60. The zero-order chi connectivity index (χ0) is 14.3. The highest BCUT2D eigenvalue weighted by Gasteiger charge is 2.12. The predicted octanol–water partition coefficient (Wildman–Crippen LogP) is 2.95. The molecule has 0 aliphatic heterocycles. The largest absolute Gasteiger partial charge is 0.308 e. The number of nitrogens with one attached hydrogen (secondary N) is 1. The highest BCUT2D eigenvalue weighted by atomic mass is 35.5. The molecule has 6 heteroatoms. The Morgan fingerprint density at radius 3 is 2.55 bits per heavy atom. The molecule has 0 amide bonds. The quantitative estimate of drug-likeness (QED) is 0.562. The van der Waals surface area contributed by atoms with Crippen LogP contribution in [0.3, 0.4) is 0 Å². The molecule has 0 unspecified atom stereocenters. The van der Waals surface area contributed by atoms with E-state index >= 15 is 0 Å². The number of hydrogen-bond donors (Lipinski definition) is 2. The molecule has 0 bridgehead atoms. The van der Waals surface area contributed by atoms with E-state index in [9.17, 15) is 0 Å². The van der Waals surface area contributed by atoms with Gasteiger partial charge in [-0.2, -0.15) is 9.61 Å².